The van der Waals surface area contributed by atoms with Gasteiger partial charge in [0.1, 0.15) is 11.5 Å². The predicted octanol–water partition coefficient (Wildman–Crippen LogP) is 2.58. The van der Waals surface area contributed by atoms with Crippen LogP contribution in [-0.4, -0.2) is 50.1 Å². The van der Waals surface area contributed by atoms with Gasteiger partial charge in [-0.3, -0.25) is 4.79 Å². The molecular formula is C20H22N2O4. The van der Waals surface area contributed by atoms with Gasteiger partial charge in [-0.2, -0.15) is 0 Å². The van der Waals surface area contributed by atoms with Gasteiger partial charge in [-0.25, -0.2) is 4.79 Å². The van der Waals surface area contributed by atoms with Gasteiger partial charge in [0.25, 0.3) is 0 Å². The van der Waals surface area contributed by atoms with Crippen LogP contribution < -0.4 is 14.4 Å². The third-order valence-corrected chi connectivity index (χ3v) is 4.46. The van der Waals surface area contributed by atoms with Crippen molar-refractivity contribution in [2.75, 3.05) is 38.2 Å². The maximum Gasteiger partial charge on any atom is 0.343 e. The number of esters is 1. The molecule has 26 heavy (non-hydrogen) atoms. The fourth-order valence-electron chi connectivity index (χ4n) is 2.90. The summed E-state index contributed by atoms with van der Waals surface area (Å²) in [5.41, 5.74) is 1.52. The summed E-state index contributed by atoms with van der Waals surface area (Å²) in [7, 11) is 1.58. The molecule has 6 nitrogen and oxygen atoms in total. The Morgan fingerprint density at radius 3 is 1.96 bits per heavy atom. The van der Waals surface area contributed by atoms with E-state index in [0.29, 0.717) is 17.1 Å². The second-order valence-electron chi connectivity index (χ2n) is 6.11. The molecule has 0 N–H and O–H groups in total. The zero-order valence-electron chi connectivity index (χ0n) is 15.0. The van der Waals surface area contributed by atoms with Crippen LogP contribution in [0.15, 0.2) is 48.5 Å². The van der Waals surface area contributed by atoms with Crippen molar-refractivity contribution < 1.29 is 19.1 Å². The van der Waals surface area contributed by atoms with Gasteiger partial charge in [0, 0.05) is 38.8 Å². The normalized spacial score (nSPS) is 14.1. The number of piperazine rings is 1. The maximum absolute atomic E-state index is 12.2. The number of benzene rings is 2. The van der Waals surface area contributed by atoms with Crippen LogP contribution in [0.1, 0.15) is 17.3 Å². The summed E-state index contributed by atoms with van der Waals surface area (Å²) < 4.78 is 10.5. The van der Waals surface area contributed by atoms with E-state index in [4.69, 9.17) is 9.47 Å². The number of ether oxygens (including phenoxy) is 2. The molecule has 2 aromatic carbocycles. The van der Waals surface area contributed by atoms with E-state index in [-0.39, 0.29) is 5.91 Å². The monoisotopic (exact) mass is 354 g/mol. The average Bonchev–Trinajstić information content (AvgIpc) is 2.68. The fraction of sp³-hybridized carbons (Fsp3) is 0.300. The second kappa shape index (κ2) is 7.91. The molecule has 0 spiro atoms. The molecule has 0 unspecified atom stereocenters. The highest BCUT2D eigenvalue weighted by Crippen LogP contribution is 2.22. The average molecular weight is 354 g/mol. The summed E-state index contributed by atoms with van der Waals surface area (Å²) >= 11 is 0. The Hall–Kier alpha value is -3.02. The summed E-state index contributed by atoms with van der Waals surface area (Å²) in [5.74, 6) is 0.897. The molecule has 2 aromatic rings. The largest absolute Gasteiger partial charge is 0.497 e. The molecule has 0 aromatic heterocycles. The van der Waals surface area contributed by atoms with Gasteiger partial charge < -0.3 is 19.3 Å². The minimum Gasteiger partial charge on any atom is -0.497 e. The van der Waals surface area contributed by atoms with Gasteiger partial charge in [0.2, 0.25) is 5.91 Å². The van der Waals surface area contributed by atoms with E-state index < -0.39 is 5.97 Å². The summed E-state index contributed by atoms with van der Waals surface area (Å²) in [6.07, 6.45) is 0. The lowest BCUT2D eigenvalue weighted by Gasteiger charge is -2.35. The summed E-state index contributed by atoms with van der Waals surface area (Å²) in [6, 6.07) is 14.2. The highest BCUT2D eigenvalue weighted by Gasteiger charge is 2.18. The molecule has 0 bridgehead atoms. The number of nitrogens with zero attached hydrogens (tertiary/aromatic N) is 2. The number of rotatable bonds is 4. The van der Waals surface area contributed by atoms with Crippen molar-refractivity contribution in [3.63, 3.8) is 0 Å². The molecule has 1 fully saturated rings. The highest BCUT2D eigenvalue weighted by atomic mass is 16.5. The van der Waals surface area contributed by atoms with Crippen LogP contribution in [0.2, 0.25) is 0 Å². The van der Waals surface area contributed by atoms with E-state index in [0.717, 1.165) is 31.9 Å². The SMILES string of the molecule is COc1ccc(C(=O)Oc2ccc(N3CCN(C(C)=O)CC3)cc2)cc1. The van der Waals surface area contributed by atoms with E-state index in [1.165, 1.54) is 0 Å². The molecule has 1 heterocycles. The molecule has 0 atom stereocenters. The second-order valence-corrected chi connectivity index (χ2v) is 6.11. The first-order chi connectivity index (χ1) is 12.6. The Morgan fingerprint density at radius 1 is 0.846 bits per heavy atom. The zero-order chi connectivity index (χ0) is 18.5. The van der Waals surface area contributed by atoms with Gasteiger partial charge in [0.15, 0.2) is 0 Å². The van der Waals surface area contributed by atoms with Crippen molar-refractivity contribution in [3.8, 4) is 11.5 Å². The predicted molar refractivity (Wildman–Crippen MR) is 98.9 cm³/mol. The Labute approximate surface area is 152 Å². The lowest BCUT2D eigenvalue weighted by Crippen LogP contribution is -2.48. The van der Waals surface area contributed by atoms with E-state index in [1.54, 1.807) is 50.4 Å². The van der Waals surface area contributed by atoms with Crippen molar-refractivity contribution in [1.29, 1.82) is 0 Å². The third-order valence-electron chi connectivity index (χ3n) is 4.46. The lowest BCUT2D eigenvalue weighted by atomic mass is 10.2. The molecule has 1 saturated heterocycles. The standard InChI is InChI=1S/C20H22N2O4/c1-15(23)21-11-13-22(14-12-21)17-5-9-19(10-6-17)26-20(24)16-3-7-18(25-2)8-4-16/h3-10H,11-14H2,1-2H3. The Balaban J connectivity index is 1.59. The van der Waals surface area contributed by atoms with E-state index in [9.17, 15) is 9.59 Å². The minimum absolute atomic E-state index is 0.116. The summed E-state index contributed by atoms with van der Waals surface area (Å²) in [6.45, 7) is 4.64. The Bertz CT molecular complexity index is 763. The Kier molecular flexibility index (Phi) is 5.41. The van der Waals surface area contributed by atoms with Gasteiger partial charge in [-0.1, -0.05) is 0 Å². The van der Waals surface area contributed by atoms with Gasteiger partial charge >= 0.3 is 5.97 Å². The van der Waals surface area contributed by atoms with E-state index in [1.807, 2.05) is 17.0 Å². The lowest BCUT2D eigenvalue weighted by molar-refractivity contribution is -0.129. The first kappa shape index (κ1) is 17.8. The number of carbonyl (C=O) groups is 2. The van der Waals surface area contributed by atoms with Crippen molar-refractivity contribution in [3.05, 3.63) is 54.1 Å². The molecule has 136 valence electrons. The molecule has 0 saturated carbocycles. The topological polar surface area (TPSA) is 59.1 Å². The molecule has 0 aliphatic carbocycles. The van der Waals surface area contributed by atoms with E-state index >= 15 is 0 Å². The van der Waals surface area contributed by atoms with E-state index in [2.05, 4.69) is 4.90 Å². The zero-order valence-corrected chi connectivity index (χ0v) is 15.0. The number of carbonyl (C=O) groups excluding carboxylic acids is 2. The summed E-state index contributed by atoms with van der Waals surface area (Å²) in [5, 5.41) is 0. The van der Waals surface area contributed by atoms with Crippen LogP contribution in [-0.2, 0) is 4.79 Å². The molecule has 1 amide bonds. The molecule has 6 heteroatoms. The fourth-order valence-corrected chi connectivity index (χ4v) is 2.90. The van der Waals surface area contributed by atoms with Crippen molar-refractivity contribution in [2.24, 2.45) is 0 Å². The van der Waals surface area contributed by atoms with Crippen LogP contribution in [0.25, 0.3) is 0 Å². The number of hydrogen-bond acceptors (Lipinski definition) is 5. The van der Waals surface area contributed by atoms with Crippen LogP contribution in [0.5, 0.6) is 11.5 Å². The minimum atomic E-state index is -0.407. The van der Waals surface area contributed by atoms with Crippen LogP contribution in [0.4, 0.5) is 5.69 Å². The molecule has 1 aliphatic rings. The molecule has 3 rings (SSSR count). The Morgan fingerprint density at radius 2 is 1.42 bits per heavy atom. The molecule has 1 aliphatic heterocycles. The van der Waals surface area contributed by atoms with Gasteiger partial charge in [0.05, 0.1) is 12.7 Å². The van der Waals surface area contributed by atoms with Crippen LogP contribution in [0.3, 0.4) is 0 Å². The number of anilines is 1. The maximum atomic E-state index is 12.2. The van der Waals surface area contributed by atoms with Crippen molar-refractivity contribution >= 4 is 17.6 Å². The van der Waals surface area contributed by atoms with Gasteiger partial charge in [-0.15, -0.1) is 0 Å². The molecular weight excluding hydrogens is 332 g/mol. The number of methoxy groups -OCH3 is 1. The molecule has 0 radical (unpaired) electrons. The first-order valence-corrected chi connectivity index (χ1v) is 8.53. The third kappa shape index (κ3) is 4.14. The highest BCUT2D eigenvalue weighted by molar-refractivity contribution is 5.91. The van der Waals surface area contributed by atoms with Crippen molar-refractivity contribution in [2.45, 2.75) is 6.92 Å². The van der Waals surface area contributed by atoms with Gasteiger partial charge in [-0.05, 0) is 48.5 Å². The van der Waals surface area contributed by atoms with Crippen molar-refractivity contribution in [1.82, 2.24) is 4.90 Å². The summed E-state index contributed by atoms with van der Waals surface area (Å²) in [4.78, 5) is 27.6. The number of amides is 1. The number of hydrogen-bond donors (Lipinski definition) is 0. The quantitative estimate of drug-likeness (QED) is 0.624. The van der Waals surface area contributed by atoms with Crippen LogP contribution in [0, 0.1) is 0 Å². The van der Waals surface area contributed by atoms with Crippen LogP contribution >= 0.6 is 0 Å². The smallest absolute Gasteiger partial charge is 0.343 e. The first-order valence-electron chi connectivity index (χ1n) is 8.53.